The van der Waals surface area contributed by atoms with Crippen molar-refractivity contribution >= 4 is 10.5 Å². The minimum atomic E-state index is 0.517. The van der Waals surface area contributed by atoms with Gasteiger partial charge in [-0.05, 0) is 36.0 Å². The molecule has 78 valence electrons. The van der Waals surface area contributed by atoms with Crippen LogP contribution in [0, 0.1) is 16.7 Å². The summed E-state index contributed by atoms with van der Waals surface area (Å²) in [5.41, 5.74) is 1.03. The zero-order valence-corrected chi connectivity index (χ0v) is 11.8. The second kappa shape index (κ2) is 3.74. The normalized spacial score (nSPS) is 26.8. The topological polar surface area (TPSA) is 9.23 Å². The Morgan fingerprint density at radius 2 is 1.62 bits per heavy atom. The second-order valence-electron chi connectivity index (χ2n) is 5.82. The van der Waals surface area contributed by atoms with Crippen molar-refractivity contribution in [3.8, 4) is 0 Å². The average Bonchev–Trinajstić information content (AvgIpc) is 2.17. The fourth-order valence-corrected chi connectivity index (χ4v) is 2.79. The Hall–Kier alpha value is 0.177. The lowest BCUT2D eigenvalue weighted by atomic mass is 9.71. The third-order valence-electron chi connectivity index (χ3n) is 4.16. The van der Waals surface area contributed by atoms with Gasteiger partial charge in [0.2, 0.25) is 0 Å². The molecule has 0 aliphatic heterocycles. The fourth-order valence-electron chi connectivity index (χ4n) is 2.56. The standard InChI is InChI=1S/C11H24OSi/c1-10(2)7-9(5-6-12-13)8-11(10,3)4/h9H,5-8H2,1-4,13H3. The summed E-state index contributed by atoms with van der Waals surface area (Å²) in [4.78, 5) is 0. The van der Waals surface area contributed by atoms with Crippen LogP contribution in [0.4, 0.5) is 0 Å². The summed E-state index contributed by atoms with van der Waals surface area (Å²) >= 11 is 0. The van der Waals surface area contributed by atoms with Gasteiger partial charge in [-0.2, -0.15) is 0 Å². The summed E-state index contributed by atoms with van der Waals surface area (Å²) in [5, 5.41) is 0. The largest absolute Gasteiger partial charge is 0.428 e. The van der Waals surface area contributed by atoms with Crippen LogP contribution in [0.3, 0.4) is 0 Å². The minimum absolute atomic E-state index is 0.517. The molecule has 1 aliphatic rings. The highest BCUT2D eigenvalue weighted by Gasteiger charge is 2.45. The molecule has 1 saturated carbocycles. The summed E-state index contributed by atoms with van der Waals surface area (Å²) in [6.45, 7) is 10.6. The third-order valence-corrected chi connectivity index (χ3v) is 4.57. The van der Waals surface area contributed by atoms with Gasteiger partial charge < -0.3 is 4.43 Å². The second-order valence-corrected chi connectivity index (χ2v) is 6.40. The van der Waals surface area contributed by atoms with Crippen LogP contribution in [-0.4, -0.2) is 17.1 Å². The zero-order valence-electron chi connectivity index (χ0n) is 9.81. The lowest BCUT2D eigenvalue weighted by molar-refractivity contribution is 0.157. The SMILES string of the molecule is CC1(C)CC(CCO[SiH3])CC1(C)C. The van der Waals surface area contributed by atoms with Crippen LogP contribution >= 0.6 is 0 Å². The molecule has 2 heteroatoms. The molecule has 0 aromatic rings. The maximum atomic E-state index is 5.28. The van der Waals surface area contributed by atoms with Crippen molar-refractivity contribution < 1.29 is 4.43 Å². The molecule has 0 bridgehead atoms. The van der Waals surface area contributed by atoms with Gasteiger partial charge in [0.15, 0.2) is 0 Å². The quantitative estimate of drug-likeness (QED) is 0.634. The molecule has 1 fully saturated rings. The van der Waals surface area contributed by atoms with Gasteiger partial charge in [0.05, 0.1) is 0 Å². The van der Waals surface area contributed by atoms with E-state index >= 15 is 0 Å². The molecule has 0 aromatic heterocycles. The number of rotatable bonds is 3. The van der Waals surface area contributed by atoms with Crippen LogP contribution in [0.5, 0.6) is 0 Å². The summed E-state index contributed by atoms with van der Waals surface area (Å²) < 4.78 is 5.28. The van der Waals surface area contributed by atoms with E-state index in [0.29, 0.717) is 10.8 Å². The molecule has 13 heavy (non-hydrogen) atoms. The van der Waals surface area contributed by atoms with Crippen molar-refractivity contribution in [2.24, 2.45) is 16.7 Å². The molecule has 0 radical (unpaired) electrons. The third kappa shape index (κ3) is 2.35. The summed E-state index contributed by atoms with van der Waals surface area (Å²) in [5.74, 6) is 0.902. The predicted octanol–water partition coefficient (Wildman–Crippen LogP) is 2.14. The van der Waals surface area contributed by atoms with Crippen molar-refractivity contribution in [1.82, 2.24) is 0 Å². The Labute approximate surface area is 85.8 Å². The van der Waals surface area contributed by atoms with Gasteiger partial charge in [0, 0.05) is 6.61 Å². The van der Waals surface area contributed by atoms with E-state index in [-0.39, 0.29) is 0 Å². The Morgan fingerprint density at radius 1 is 1.15 bits per heavy atom. The van der Waals surface area contributed by atoms with Gasteiger partial charge in [0.1, 0.15) is 10.5 Å². The summed E-state index contributed by atoms with van der Waals surface area (Å²) in [6.07, 6.45) is 4.03. The van der Waals surface area contributed by atoms with Gasteiger partial charge >= 0.3 is 0 Å². The Kier molecular flexibility index (Phi) is 3.23. The first-order chi connectivity index (χ1) is 5.89. The molecule has 0 spiro atoms. The van der Waals surface area contributed by atoms with Crippen molar-refractivity contribution in [2.75, 3.05) is 6.61 Å². The molecular weight excluding hydrogens is 176 g/mol. The highest BCUT2D eigenvalue weighted by Crippen LogP contribution is 2.55. The van der Waals surface area contributed by atoms with Gasteiger partial charge in [-0.25, -0.2) is 0 Å². The van der Waals surface area contributed by atoms with E-state index in [1.807, 2.05) is 0 Å². The van der Waals surface area contributed by atoms with Crippen molar-refractivity contribution in [2.45, 2.75) is 47.0 Å². The van der Waals surface area contributed by atoms with Crippen molar-refractivity contribution in [1.29, 1.82) is 0 Å². The smallest absolute Gasteiger partial charge is 0.145 e. The molecule has 1 nitrogen and oxygen atoms in total. The van der Waals surface area contributed by atoms with Crippen LogP contribution in [0.15, 0.2) is 0 Å². The lowest BCUT2D eigenvalue weighted by Crippen LogP contribution is -2.25. The molecule has 0 heterocycles. The lowest BCUT2D eigenvalue weighted by Gasteiger charge is -2.34. The maximum absolute atomic E-state index is 5.28. The first kappa shape index (κ1) is 11.3. The van der Waals surface area contributed by atoms with Gasteiger partial charge in [-0.1, -0.05) is 27.7 Å². The number of hydrogen-bond acceptors (Lipinski definition) is 1. The summed E-state index contributed by atoms with van der Waals surface area (Å²) in [7, 11) is 0.895. The molecule has 0 saturated heterocycles. The minimum Gasteiger partial charge on any atom is -0.428 e. The van der Waals surface area contributed by atoms with Gasteiger partial charge in [-0.15, -0.1) is 0 Å². The highest BCUT2D eigenvalue weighted by atomic mass is 28.2. The first-order valence-electron chi connectivity index (χ1n) is 5.38. The molecule has 0 N–H and O–H groups in total. The van der Waals surface area contributed by atoms with Crippen molar-refractivity contribution in [3.05, 3.63) is 0 Å². The monoisotopic (exact) mass is 200 g/mol. The Balaban J connectivity index is 2.50. The molecule has 0 unspecified atom stereocenters. The van der Waals surface area contributed by atoms with Gasteiger partial charge in [-0.3, -0.25) is 0 Å². The molecule has 0 aromatic carbocycles. The van der Waals surface area contributed by atoms with Gasteiger partial charge in [0.25, 0.3) is 0 Å². The van der Waals surface area contributed by atoms with E-state index in [1.165, 1.54) is 19.3 Å². The molecule has 0 amide bonds. The van der Waals surface area contributed by atoms with Crippen LogP contribution in [-0.2, 0) is 4.43 Å². The zero-order chi connectivity index (χ0) is 10.1. The van der Waals surface area contributed by atoms with E-state index in [2.05, 4.69) is 27.7 Å². The fraction of sp³-hybridized carbons (Fsp3) is 1.00. The highest BCUT2D eigenvalue weighted by molar-refractivity contribution is 5.97. The Bertz CT molecular complexity index is 159. The van der Waals surface area contributed by atoms with E-state index in [9.17, 15) is 0 Å². The molecular formula is C11H24OSi. The Morgan fingerprint density at radius 3 is 2.00 bits per heavy atom. The van der Waals surface area contributed by atoms with E-state index in [1.54, 1.807) is 0 Å². The predicted molar refractivity (Wildman–Crippen MR) is 60.8 cm³/mol. The van der Waals surface area contributed by atoms with Crippen LogP contribution in [0.1, 0.15) is 47.0 Å². The van der Waals surface area contributed by atoms with E-state index in [4.69, 9.17) is 4.43 Å². The molecule has 1 rings (SSSR count). The van der Waals surface area contributed by atoms with Crippen LogP contribution in [0.25, 0.3) is 0 Å². The molecule has 1 aliphatic carbocycles. The van der Waals surface area contributed by atoms with E-state index < -0.39 is 0 Å². The average molecular weight is 200 g/mol. The van der Waals surface area contributed by atoms with Crippen LogP contribution in [0.2, 0.25) is 0 Å². The summed E-state index contributed by atoms with van der Waals surface area (Å²) in [6, 6.07) is 0. The molecule has 0 atom stereocenters. The number of hydrogen-bond donors (Lipinski definition) is 0. The van der Waals surface area contributed by atoms with Crippen molar-refractivity contribution in [3.63, 3.8) is 0 Å². The van der Waals surface area contributed by atoms with Crippen LogP contribution < -0.4 is 0 Å². The first-order valence-corrected chi connectivity index (χ1v) is 6.20. The maximum Gasteiger partial charge on any atom is 0.145 e. The van der Waals surface area contributed by atoms with E-state index in [0.717, 1.165) is 23.0 Å².